The van der Waals surface area contributed by atoms with Crippen molar-refractivity contribution in [3.05, 3.63) is 24.3 Å². The van der Waals surface area contributed by atoms with Crippen LogP contribution in [0.3, 0.4) is 0 Å². The molecule has 1 aromatic rings. The van der Waals surface area contributed by atoms with E-state index in [0.717, 1.165) is 5.69 Å². The molecule has 1 fully saturated rings. The molecule has 0 aliphatic carbocycles. The smallest absolute Gasteiger partial charge is 0.414 e. The number of carbonyl (C=O) groups excluding carboxylic acids is 2. The van der Waals surface area contributed by atoms with Gasteiger partial charge in [0.25, 0.3) is 0 Å². The number of benzene rings is 1. The molecule has 1 aliphatic rings. The summed E-state index contributed by atoms with van der Waals surface area (Å²) < 4.78 is 4.89. The number of anilines is 2. The fraction of sp³-hybridized carbons (Fsp3) is 0.467. The van der Waals surface area contributed by atoms with Crippen LogP contribution in [0.5, 0.6) is 0 Å². The summed E-state index contributed by atoms with van der Waals surface area (Å²) in [4.78, 5) is 24.8. The first-order valence-corrected chi connectivity index (χ1v) is 7.09. The minimum atomic E-state index is -0.334. The van der Waals surface area contributed by atoms with E-state index in [0.29, 0.717) is 24.8 Å². The average molecular weight is 291 g/mol. The Morgan fingerprint density at radius 3 is 2.43 bits per heavy atom. The van der Waals surface area contributed by atoms with Crippen molar-refractivity contribution in [2.75, 3.05) is 23.4 Å². The summed E-state index contributed by atoms with van der Waals surface area (Å²) in [5.74, 6) is 0.374. The lowest BCUT2D eigenvalue weighted by atomic mass is 10.1. The van der Waals surface area contributed by atoms with Gasteiger partial charge in [0.05, 0.1) is 6.54 Å². The fourth-order valence-corrected chi connectivity index (χ4v) is 1.89. The molecule has 0 bridgehead atoms. The van der Waals surface area contributed by atoms with Crippen LogP contribution in [0.25, 0.3) is 0 Å². The van der Waals surface area contributed by atoms with Crippen LogP contribution in [0, 0.1) is 5.92 Å². The van der Waals surface area contributed by atoms with Gasteiger partial charge in [-0.2, -0.15) is 0 Å². The Labute approximate surface area is 124 Å². The maximum atomic E-state index is 11.8. The van der Waals surface area contributed by atoms with Gasteiger partial charge in [-0.1, -0.05) is 13.8 Å². The van der Waals surface area contributed by atoms with E-state index >= 15 is 0 Å². The third-order valence-electron chi connectivity index (χ3n) is 3.56. The zero-order valence-electron chi connectivity index (χ0n) is 12.6. The van der Waals surface area contributed by atoms with E-state index in [1.165, 1.54) is 0 Å². The van der Waals surface area contributed by atoms with Gasteiger partial charge >= 0.3 is 12.1 Å². The number of hydrogen-bond acceptors (Lipinski definition) is 3. The zero-order valence-corrected chi connectivity index (χ0v) is 12.6. The lowest BCUT2D eigenvalue weighted by Crippen LogP contribution is -2.39. The summed E-state index contributed by atoms with van der Waals surface area (Å²) in [6.45, 7) is 7.03. The molecule has 1 heterocycles. The van der Waals surface area contributed by atoms with Gasteiger partial charge in [0.2, 0.25) is 0 Å². The Morgan fingerprint density at radius 1 is 1.24 bits per heavy atom. The Hall–Kier alpha value is -2.24. The highest BCUT2D eigenvalue weighted by Gasteiger charge is 2.23. The predicted molar refractivity (Wildman–Crippen MR) is 81.6 cm³/mol. The summed E-state index contributed by atoms with van der Waals surface area (Å²) in [6.07, 6.45) is -0.334. The first-order chi connectivity index (χ1) is 9.97. The van der Waals surface area contributed by atoms with Crippen LogP contribution < -0.4 is 15.5 Å². The zero-order chi connectivity index (χ0) is 15.4. The van der Waals surface area contributed by atoms with E-state index in [9.17, 15) is 9.59 Å². The predicted octanol–water partition coefficient (Wildman–Crippen LogP) is 2.81. The van der Waals surface area contributed by atoms with Crippen molar-refractivity contribution < 1.29 is 14.3 Å². The molecule has 1 aliphatic heterocycles. The summed E-state index contributed by atoms with van der Waals surface area (Å²) in [5.41, 5.74) is 1.44. The molecule has 0 saturated carbocycles. The molecule has 2 N–H and O–H groups in total. The molecule has 1 atom stereocenters. The van der Waals surface area contributed by atoms with Crippen molar-refractivity contribution >= 4 is 23.5 Å². The summed E-state index contributed by atoms with van der Waals surface area (Å²) in [7, 11) is 0. The SMILES string of the molecule is CC(C)C(C)NC(=O)Nc1ccc(N2CCOC2=O)cc1. The lowest BCUT2D eigenvalue weighted by Gasteiger charge is -2.18. The molecule has 21 heavy (non-hydrogen) atoms. The third-order valence-corrected chi connectivity index (χ3v) is 3.56. The van der Waals surface area contributed by atoms with Gasteiger partial charge in [-0.15, -0.1) is 0 Å². The van der Waals surface area contributed by atoms with E-state index in [4.69, 9.17) is 4.74 Å². The quantitative estimate of drug-likeness (QED) is 0.896. The number of amides is 3. The molecule has 1 unspecified atom stereocenters. The van der Waals surface area contributed by atoms with Gasteiger partial charge < -0.3 is 15.4 Å². The van der Waals surface area contributed by atoms with Gasteiger partial charge in [0.1, 0.15) is 6.61 Å². The van der Waals surface area contributed by atoms with Gasteiger partial charge in [0.15, 0.2) is 0 Å². The molecule has 2 rings (SSSR count). The number of urea groups is 1. The normalized spacial score (nSPS) is 15.8. The third kappa shape index (κ3) is 3.87. The van der Waals surface area contributed by atoms with E-state index in [1.54, 1.807) is 29.2 Å². The Kier molecular flexibility index (Phi) is 4.67. The highest BCUT2D eigenvalue weighted by atomic mass is 16.6. The molecule has 3 amide bonds. The van der Waals surface area contributed by atoms with Gasteiger partial charge in [-0.25, -0.2) is 9.59 Å². The first kappa shape index (κ1) is 15.2. The van der Waals surface area contributed by atoms with E-state index in [1.807, 2.05) is 6.92 Å². The molecule has 0 aromatic heterocycles. The van der Waals surface area contributed by atoms with Gasteiger partial charge in [0, 0.05) is 17.4 Å². The van der Waals surface area contributed by atoms with Crippen molar-refractivity contribution in [1.82, 2.24) is 5.32 Å². The molecular formula is C15H21N3O3. The minimum absolute atomic E-state index is 0.101. The number of rotatable bonds is 4. The minimum Gasteiger partial charge on any atom is -0.447 e. The Morgan fingerprint density at radius 2 is 1.90 bits per heavy atom. The number of nitrogens with zero attached hydrogens (tertiary/aromatic N) is 1. The number of hydrogen-bond donors (Lipinski definition) is 2. The van der Waals surface area contributed by atoms with Crippen molar-refractivity contribution in [2.45, 2.75) is 26.8 Å². The fourth-order valence-electron chi connectivity index (χ4n) is 1.89. The van der Waals surface area contributed by atoms with Gasteiger partial charge in [-0.05, 0) is 37.1 Å². The molecule has 6 nitrogen and oxygen atoms in total. The molecule has 1 aromatic carbocycles. The van der Waals surface area contributed by atoms with Crippen molar-refractivity contribution in [3.63, 3.8) is 0 Å². The maximum Gasteiger partial charge on any atom is 0.414 e. The van der Waals surface area contributed by atoms with Crippen LogP contribution in [0.15, 0.2) is 24.3 Å². The summed E-state index contributed by atoms with van der Waals surface area (Å²) in [6, 6.07) is 6.97. The van der Waals surface area contributed by atoms with Crippen LogP contribution in [0.2, 0.25) is 0 Å². The largest absolute Gasteiger partial charge is 0.447 e. The van der Waals surface area contributed by atoms with Crippen molar-refractivity contribution in [2.24, 2.45) is 5.92 Å². The maximum absolute atomic E-state index is 11.8. The highest BCUT2D eigenvalue weighted by Crippen LogP contribution is 2.21. The molecule has 114 valence electrons. The number of cyclic esters (lactones) is 1. The molecule has 0 spiro atoms. The Balaban J connectivity index is 1.93. The first-order valence-electron chi connectivity index (χ1n) is 7.09. The molecule has 1 saturated heterocycles. The number of carbonyl (C=O) groups is 2. The molecule has 6 heteroatoms. The van der Waals surface area contributed by atoms with Crippen molar-refractivity contribution in [3.8, 4) is 0 Å². The topological polar surface area (TPSA) is 70.7 Å². The average Bonchev–Trinajstić information content (AvgIpc) is 2.85. The van der Waals surface area contributed by atoms with Crippen molar-refractivity contribution in [1.29, 1.82) is 0 Å². The van der Waals surface area contributed by atoms with Crippen LogP contribution >= 0.6 is 0 Å². The summed E-state index contributed by atoms with van der Waals surface area (Å²) in [5, 5.41) is 5.64. The van der Waals surface area contributed by atoms with E-state index in [-0.39, 0.29) is 18.2 Å². The molecular weight excluding hydrogens is 270 g/mol. The second-order valence-electron chi connectivity index (χ2n) is 5.44. The van der Waals surface area contributed by atoms with E-state index in [2.05, 4.69) is 24.5 Å². The Bertz CT molecular complexity index is 513. The van der Waals surface area contributed by atoms with Crippen LogP contribution in [-0.2, 0) is 4.74 Å². The lowest BCUT2D eigenvalue weighted by molar-refractivity contribution is 0.181. The van der Waals surface area contributed by atoms with Crippen LogP contribution in [-0.4, -0.2) is 31.3 Å². The highest BCUT2D eigenvalue weighted by molar-refractivity contribution is 5.91. The summed E-state index contributed by atoms with van der Waals surface area (Å²) >= 11 is 0. The monoisotopic (exact) mass is 291 g/mol. The van der Waals surface area contributed by atoms with E-state index < -0.39 is 0 Å². The number of nitrogens with one attached hydrogen (secondary N) is 2. The molecule has 0 radical (unpaired) electrons. The number of ether oxygens (including phenoxy) is 1. The van der Waals surface area contributed by atoms with Crippen LogP contribution in [0.1, 0.15) is 20.8 Å². The van der Waals surface area contributed by atoms with Crippen LogP contribution in [0.4, 0.5) is 21.0 Å². The second-order valence-corrected chi connectivity index (χ2v) is 5.44. The van der Waals surface area contributed by atoms with Gasteiger partial charge in [-0.3, -0.25) is 4.90 Å². The second kappa shape index (κ2) is 6.47. The standard InChI is InChI=1S/C15H21N3O3/c1-10(2)11(3)16-14(19)17-12-4-6-13(7-5-12)18-8-9-21-15(18)20/h4-7,10-11H,8-9H2,1-3H3,(H2,16,17,19).